The van der Waals surface area contributed by atoms with Crippen LogP contribution in [0.5, 0.6) is 0 Å². The van der Waals surface area contributed by atoms with Crippen molar-refractivity contribution in [2.75, 3.05) is 0 Å². The van der Waals surface area contributed by atoms with Crippen LogP contribution in [0.15, 0.2) is 12.4 Å². The number of hydrogen-bond donors (Lipinski definition) is 1. The Bertz CT molecular complexity index is 485. The predicted octanol–water partition coefficient (Wildman–Crippen LogP) is 1.77. The van der Waals surface area contributed by atoms with Crippen molar-refractivity contribution >= 4 is 21.8 Å². The molecular weight excluding hydrogens is 196 g/mol. The van der Waals surface area contributed by atoms with E-state index in [9.17, 15) is 0 Å². The first-order valence-corrected chi connectivity index (χ1v) is 5.49. The van der Waals surface area contributed by atoms with Crippen LogP contribution >= 0.6 is 11.3 Å². The standard InChI is InChI=1S/C9H12N4S/c1-2-3-6-13-7-8(14-9(13)10)12-5-4-11-7/h4-5,10H,2-3,6H2,1H3. The average molecular weight is 208 g/mol. The van der Waals surface area contributed by atoms with Crippen molar-refractivity contribution in [3.63, 3.8) is 0 Å². The largest absolute Gasteiger partial charge is 0.300 e. The van der Waals surface area contributed by atoms with E-state index in [1.807, 2.05) is 4.57 Å². The van der Waals surface area contributed by atoms with E-state index in [2.05, 4.69) is 16.9 Å². The first-order chi connectivity index (χ1) is 6.83. The van der Waals surface area contributed by atoms with E-state index in [0.717, 1.165) is 29.9 Å². The number of rotatable bonds is 3. The highest BCUT2D eigenvalue weighted by Gasteiger charge is 2.05. The highest BCUT2D eigenvalue weighted by atomic mass is 32.1. The summed E-state index contributed by atoms with van der Waals surface area (Å²) in [5.74, 6) is 0. The Kier molecular flexibility index (Phi) is 2.58. The normalized spacial score (nSPS) is 10.9. The molecule has 1 N–H and O–H groups in total. The van der Waals surface area contributed by atoms with E-state index in [0.29, 0.717) is 4.80 Å². The molecular formula is C9H12N4S. The molecule has 0 aliphatic carbocycles. The summed E-state index contributed by atoms with van der Waals surface area (Å²) in [5.41, 5.74) is 0.843. The van der Waals surface area contributed by atoms with E-state index in [-0.39, 0.29) is 0 Å². The van der Waals surface area contributed by atoms with Gasteiger partial charge in [0, 0.05) is 18.9 Å². The summed E-state index contributed by atoms with van der Waals surface area (Å²) < 4.78 is 1.93. The summed E-state index contributed by atoms with van der Waals surface area (Å²) in [6, 6.07) is 0. The van der Waals surface area contributed by atoms with E-state index in [4.69, 9.17) is 5.41 Å². The second-order valence-electron chi connectivity index (χ2n) is 3.10. The van der Waals surface area contributed by atoms with Crippen molar-refractivity contribution in [2.45, 2.75) is 26.3 Å². The summed E-state index contributed by atoms with van der Waals surface area (Å²) in [5, 5.41) is 7.78. The second-order valence-corrected chi connectivity index (χ2v) is 4.08. The van der Waals surface area contributed by atoms with Crippen molar-refractivity contribution in [3.05, 3.63) is 17.2 Å². The quantitative estimate of drug-likeness (QED) is 0.835. The predicted molar refractivity (Wildman–Crippen MR) is 56.2 cm³/mol. The van der Waals surface area contributed by atoms with Crippen LogP contribution in [0.2, 0.25) is 0 Å². The highest BCUT2D eigenvalue weighted by molar-refractivity contribution is 7.15. The van der Waals surface area contributed by atoms with Crippen LogP contribution in [0.3, 0.4) is 0 Å². The molecule has 0 radical (unpaired) electrons. The molecule has 2 rings (SSSR count). The SMILES string of the molecule is CCCCn1c(=N)sc2nccnc21. The van der Waals surface area contributed by atoms with Crippen molar-refractivity contribution in [3.8, 4) is 0 Å². The molecule has 0 spiro atoms. The minimum absolute atomic E-state index is 0.541. The molecule has 0 aromatic carbocycles. The van der Waals surface area contributed by atoms with Gasteiger partial charge < -0.3 is 4.57 Å². The van der Waals surface area contributed by atoms with Crippen molar-refractivity contribution in [2.24, 2.45) is 0 Å². The van der Waals surface area contributed by atoms with Crippen LogP contribution in [0.4, 0.5) is 0 Å². The van der Waals surface area contributed by atoms with Gasteiger partial charge in [-0.15, -0.1) is 0 Å². The van der Waals surface area contributed by atoms with E-state index < -0.39 is 0 Å². The van der Waals surface area contributed by atoms with Crippen LogP contribution in [0.25, 0.3) is 10.5 Å². The smallest absolute Gasteiger partial charge is 0.185 e. The Hall–Kier alpha value is -1.23. The number of aromatic nitrogens is 3. The minimum atomic E-state index is 0.541. The lowest BCUT2D eigenvalue weighted by Crippen LogP contribution is -2.13. The summed E-state index contributed by atoms with van der Waals surface area (Å²) in [7, 11) is 0. The first kappa shape index (κ1) is 9.33. The summed E-state index contributed by atoms with van der Waals surface area (Å²) in [6.45, 7) is 3.01. The van der Waals surface area contributed by atoms with Gasteiger partial charge in [0.2, 0.25) is 0 Å². The van der Waals surface area contributed by atoms with Gasteiger partial charge in [-0.05, 0) is 6.42 Å². The third kappa shape index (κ3) is 1.55. The number of aryl methyl sites for hydroxylation is 1. The molecule has 2 heterocycles. The maximum atomic E-state index is 7.78. The highest BCUT2D eigenvalue weighted by Crippen LogP contribution is 2.11. The number of hydrogen-bond acceptors (Lipinski definition) is 4. The van der Waals surface area contributed by atoms with Gasteiger partial charge in [0.1, 0.15) is 0 Å². The zero-order chi connectivity index (χ0) is 9.97. The lowest BCUT2D eigenvalue weighted by molar-refractivity contribution is 0.626. The molecule has 74 valence electrons. The number of nitrogens with one attached hydrogen (secondary N) is 1. The van der Waals surface area contributed by atoms with Crippen molar-refractivity contribution in [1.82, 2.24) is 14.5 Å². The van der Waals surface area contributed by atoms with Crippen molar-refractivity contribution in [1.29, 1.82) is 5.41 Å². The molecule has 2 aromatic heterocycles. The third-order valence-electron chi connectivity index (χ3n) is 2.08. The number of fused-ring (bicyclic) bond motifs is 1. The average Bonchev–Trinajstić information content (AvgIpc) is 2.51. The van der Waals surface area contributed by atoms with Gasteiger partial charge in [0.05, 0.1) is 0 Å². The summed E-state index contributed by atoms with van der Waals surface area (Å²) in [6.07, 6.45) is 5.56. The Morgan fingerprint density at radius 3 is 3.00 bits per heavy atom. The Balaban J connectivity index is 2.51. The van der Waals surface area contributed by atoms with Crippen LogP contribution in [0, 0.1) is 5.41 Å². The topological polar surface area (TPSA) is 54.6 Å². The summed E-state index contributed by atoms with van der Waals surface area (Å²) >= 11 is 1.39. The summed E-state index contributed by atoms with van der Waals surface area (Å²) in [4.78, 5) is 9.83. The molecule has 0 unspecified atom stereocenters. The van der Waals surface area contributed by atoms with E-state index in [1.54, 1.807) is 12.4 Å². The van der Waals surface area contributed by atoms with Crippen LogP contribution in [-0.2, 0) is 6.54 Å². The third-order valence-corrected chi connectivity index (χ3v) is 2.97. The zero-order valence-electron chi connectivity index (χ0n) is 8.03. The number of thiazole rings is 1. The molecule has 5 heteroatoms. The molecule has 0 amide bonds. The zero-order valence-corrected chi connectivity index (χ0v) is 8.84. The van der Waals surface area contributed by atoms with Gasteiger partial charge in [-0.2, -0.15) is 0 Å². The Morgan fingerprint density at radius 2 is 2.21 bits per heavy atom. The molecule has 0 atom stereocenters. The van der Waals surface area contributed by atoms with Crippen LogP contribution in [0.1, 0.15) is 19.8 Å². The maximum absolute atomic E-state index is 7.78. The molecule has 2 aromatic rings. The Labute approximate surface area is 85.8 Å². The molecule has 0 fully saturated rings. The lowest BCUT2D eigenvalue weighted by Gasteiger charge is -2.00. The monoisotopic (exact) mass is 208 g/mol. The maximum Gasteiger partial charge on any atom is 0.185 e. The number of unbranched alkanes of at least 4 members (excludes halogenated alkanes) is 1. The fourth-order valence-electron chi connectivity index (χ4n) is 1.34. The molecule has 0 aliphatic rings. The van der Waals surface area contributed by atoms with Gasteiger partial charge in [0.15, 0.2) is 15.3 Å². The fraction of sp³-hybridized carbons (Fsp3) is 0.444. The van der Waals surface area contributed by atoms with Crippen molar-refractivity contribution < 1.29 is 0 Å². The van der Waals surface area contributed by atoms with Gasteiger partial charge >= 0.3 is 0 Å². The van der Waals surface area contributed by atoms with Gasteiger partial charge in [-0.1, -0.05) is 24.7 Å². The molecule has 4 nitrogen and oxygen atoms in total. The van der Waals surface area contributed by atoms with E-state index in [1.165, 1.54) is 11.3 Å². The second kappa shape index (κ2) is 3.88. The Morgan fingerprint density at radius 1 is 1.43 bits per heavy atom. The molecule has 14 heavy (non-hydrogen) atoms. The van der Waals surface area contributed by atoms with E-state index >= 15 is 0 Å². The molecule has 0 saturated heterocycles. The molecule has 0 bridgehead atoms. The van der Waals surface area contributed by atoms with Gasteiger partial charge in [0.25, 0.3) is 0 Å². The first-order valence-electron chi connectivity index (χ1n) is 4.68. The fourth-order valence-corrected chi connectivity index (χ4v) is 2.18. The molecule has 0 aliphatic heterocycles. The lowest BCUT2D eigenvalue weighted by atomic mass is 10.3. The number of nitrogens with zero attached hydrogens (tertiary/aromatic N) is 3. The van der Waals surface area contributed by atoms with Gasteiger partial charge in [-0.3, -0.25) is 5.41 Å². The van der Waals surface area contributed by atoms with Crippen LogP contribution in [-0.4, -0.2) is 14.5 Å². The minimum Gasteiger partial charge on any atom is -0.300 e. The van der Waals surface area contributed by atoms with Gasteiger partial charge in [-0.25, -0.2) is 9.97 Å². The van der Waals surface area contributed by atoms with Crippen LogP contribution < -0.4 is 4.80 Å². The molecule has 0 saturated carbocycles.